The van der Waals surface area contributed by atoms with Crippen LogP contribution in [0.25, 0.3) is 0 Å². The topological polar surface area (TPSA) is 38.3 Å². The van der Waals surface area contributed by atoms with Gasteiger partial charge >= 0.3 is 0 Å². The smallest absolute Gasteiger partial charge is 0.260 e. The van der Waals surface area contributed by atoms with Crippen LogP contribution in [0.2, 0.25) is 0 Å². The van der Waals surface area contributed by atoms with E-state index in [-0.39, 0.29) is 5.91 Å². The van der Waals surface area contributed by atoms with Crippen molar-refractivity contribution in [1.82, 2.24) is 5.32 Å². The molecule has 18 heavy (non-hydrogen) atoms. The number of carbonyl (C=O) groups excluding carboxylic acids is 1. The summed E-state index contributed by atoms with van der Waals surface area (Å²) in [5, 5.41) is 2.87. The van der Waals surface area contributed by atoms with E-state index in [1.54, 1.807) is 6.92 Å². The van der Waals surface area contributed by atoms with Gasteiger partial charge in [-0.05, 0) is 43.5 Å². The average Bonchev–Trinajstić information content (AvgIpc) is 2.31. The minimum absolute atomic E-state index is 0.0708. The molecule has 0 aliphatic heterocycles. The summed E-state index contributed by atoms with van der Waals surface area (Å²) in [5.74, 6) is 1.22. The zero-order valence-electron chi connectivity index (χ0n) is 11.1. The number of rotatable bonds is 6. The Morgan fingerprint density at radius 3 is 2.44 bits per heavy atom. The lowest BCUT2D eigenvalue weighted by Crippen LogP contribution is -2.37. The molecule has 0 saturated heterocycles. The Morgan fingerprint density at radius 2 is 1.89 bits per heavy atom. The minimum Gasteiger partial charge on any atom is -0.481 e. The number of hydrogen-bond donors (Lipinski definition) is 1. The fourth-order valence-corrected chi connectivity index (χ4v) is 1.66. The normalized spacial score (nSPS) is 12.3. The second-order valence-electron chi connectivity index (χ2n) is 4.69. The Hall–Kier alpha value is -1.03. The fraction of sp³-hybridized carbons (Fsp3) is 0.500. The van der Waals surface area contributed by atoms with Gasteiger partial charge in [0.15, 0.2) is 6.10 Å². The molecule has 0 heterocycles. The summed E-state index contributed by atoms with van der Waals surface area (Å²) in [6.45, 7) is 6.72. The van der Waals surface area contributed by atoms with Gasteiger partial charge in [-0.15, -0.1) is 0 Å². The van der Waals surface area contributed by atoms with Crippen LogP contribution in [-0.2, 0) is 4.79 Å². The van der Waals surface area contributed by atoms with E-state index in [1.165, 1.54) is 0 Å². The number of amides is 1. The number of ether oxygens (including phenoxy) is 1. The van der Waals surface area contributed by atoms with E-state index in [0.717, 1.165) is 10.9 Å². The van der Waals surface area contributed by atoms with Crippen LogP contribution in [-0.4, -0.2) is 18.6 Å². The molecule has 1 aromatic carbocycles. The Morgan fingerprint density at radius 1 is 1.28 bits per heavy atom. The van der Waals surface area contributed by atoms with E-state index < -0.39 is 6.10 Å². The first kappa shape index (κ1) is 15.0. The molecule has 0 radical (unpaired) electrons. The molecule has 1 rings (SSSR count). The average molecular weight is 314 g/mol. The molecule has 1 amide bonds. The van der Waals surface area contributed by atoms with Gasteiger partial charge in [-0.2, -0.15) is 0 Å². The van der Waals surface area contributed by atoms with Gasteiger partial charge in [0, 0.05) is 11.0 Å². The molecule has 3 nitrogen and oxygen atoms in total. The van der Waals surface area contributed by atoms with Gasteiger partial charge < -0.3 is 10.1 Å². The molecule has 0 bridgehead atoms. The highest BCUT2D eigenvalue weighted by molar-refractivity contribution is 9.10. The summed E-state index contributed by atoms with van der Waals surface area (Å²) in [7, 11) is 0. The SMILES string of the molecule is CC(C)CCNC(=O)[C@@H](C)Oc1ccc(Br)cc1. The molecule has 4 heteroatoms. The molecule has 0 aliphatic carbocycles. The first-order chi connectivity index (χ1) is 8.49. The maximum atomic E-state index is 11.8. The molecule has 0 spiro atoms. The third kappa shape index (κ3) is 5.54. The van der Waals surface area contributed by atoms with Crippen LogP contribution in [0.15, 0.2) is 28.7 Å². The van der Waals surface area contributed by atoms with Gasteiger partial charge in [-0.25, -0.2) is 0 Å². The van der Waals surface area contributed by atoms with Crippen molar-refractivity contribution >= 4 is 21.8 Å². The van der Waals surface area contributed by atoms with Gasteiger partial charge in [-0.1, -0.05) is 29.8 Å². The lowest BCUT2D eigenvalue weighted by Gasteiger charge is -2.15. The maximum absolute atomic E-state index is 11.8. The van der Waals surface area contributed by atoms with Crippen molar-refractivity contribution in [2.24, 2.45) is 5.92 Å². The largest absolute Gasteiger partial charge is 0.481 e. The molecule has 0 aliphatic rings. The van der Waals surface area contributed by atoms with E-state index in [9.17, 15) is 4.79 Å². The lowest BCUT2D eigenvalue weighted by molar-refractivity contribution is -0.127. The first-order valence-corrected chi connectivity index (χ1v) is 6.98. The zero-order valence-corrected chi connectivity index (χ0v) is 12.7. The number of halogens is 1. The predicted octanol–water partition coefficient (Wildman–Crippen LogP) is 3.38. The van der Waals surface area contributed by atoms with Gasteiger partial charge in [0.1, 0.15) is 5.75 Å². The van der Waals surface area contributed by atoms with Crippen molar-refractivity contribution in [3.05, 3.63) is 28.7 Å². The third-order valence-electron chi connectivity index (χ3n) is 2.52. The van der Waals surface area contributed by atoms with Gasteiger partial charge in [-0.3, -0.25) is 4.79 Å². The summed E-state index contributed by atoms with van der Waals surface area (Å²) in [6.07, 6.45) is 0.509. The van der Waals surface area contributed by atoms with E-state index in [0.29, 0.717) is 18.2 Å². The Bertz CT molecular complexity index is 376. The Labute approximate surface area is 117 Å². The van der Waals surface area contributed by atoms with Crippen LogP contribution in [0.5, 0.6) is 5.75 Å². The molecule has 100 valence electrons. The molecule has 0 aromatic heterocycles. The highest BCUT2D eigenvalue weighted by Gasteiger charge is 2.13. The molecule has 0 unspecified atom stereocenters. The van der Waals surface area contributed by atoms with Crippen LogP contribution in [0.1, 0.15) is 27.2 Å². The van der Waals surface area contributed by atoms with Crippen molar-refractivity contribution in [2.45, 2.75) is 33.3 Å². The lowest BCUT2D eigenvalue weighted by atomic mass is 10.1. The van der Waals surface area contributed by atoms with Crippen molar-refractivity contribution in [3.8, 4) is 5.75 Å². The summed E-state index contributed by atoms with van der Waals surface area (Å²) in [4.78, 5) is 11.8. The zero-order chi connectivity index (χ0) is 13.5. The highest BCUT2D eigenvalue weighted by Crippen LogP contribution is 2.17. The number of carbonyl (C=O) groups is 1. The summed E-state index contributed by atoms with van der Waals surface area (Å²) in [5.41, 5.74) is 0. The predicted molar refractivity (Wildman–Crippen MR) is 76.7 cm³/mol. The van der Waals surface area contributed by atoms with Gasteiger partial charge in [0.2, 0.25) is 0 Å². The number of hydrogen-bond acceptors (Lipinski definition) is 2. The Kier molecular flexibility index (Phi) is 6.19. The van der Waals surface area contributed by atoms with Crippen LogP contribution >= 0.6 is 15.9 Å². The Balaban J connectivity index is 2.37. The molecule has 0 fully saturated rings. The third-order valence-corrected chi connectivity index (χ3v) is 3.05. The second-order valence-corrected chi connectivity index (χ2v) is 5.60. The molecule has 0 saturated carbocycles. The second kappa shape index (κ2) is 7.41. The van der Waals surface area contributed by atoms with Crippen LogP contribution in [0.3, 0.4) is 0 Å². The quantitative estimate of drug-likeness (QED) is 0.874. The molecule has 1 N–H and O–H groups in total. The molecular weight excluding hydrogens is 294 g/mol. The molecule has 1 aromatic rings. The monoisotopic (exact) mass is 313 g/mol. The van der Waals surface area contributed by atoms with E-state index >= 15 is 0 Å². The summed E-state index contributed by atoms with van der Waals surface area (Å²) in [6, 6.07) is 7.45. The summed E-state index contributed by atoms with van der Waals surface area (Å²) < 4.78 is 6.55. The van der Waals surface area contributed by atoms with Gasteiger partial charge in [0.05, 0.1) is 0 Å². The van der Waals surface area contributed by atoms with E-state index in [4.69, 9.17) is 4.74 Å². The van der Waals surface area contributed by atoms with Crippen molar-refractivity contribution < 1.29 is 9.53 Å². The maximum Gasteiger partial charge on any atom is 0.260 e. The van der Waals surface area contributed by atoms with Crippen molar-refractivity contribution in [3.63, 3.8) is 0 Å². The molecular formula is C14H20BrNO2. The van der Waals surface area contributed by atoms with Crippen molar-refractivity contribution in [2.75, 3.05) is 6.54 Å². The summed E-state index contributed by atoms with van der Waals surface area (Å²) >= 11 is 3.35. The molecule has 1 atom stereocenters. The first-order valence-electron chi connectivity index (χ1n) is 6.19. The highest BCUT2D eigenvalue weighted by atomic mass is 79.9. The van der Waals surface area contributed by atoms with E-state index in [2.05, 4.69) is 35.1 Å². The fourth-order valence-electron chi connectivity index (χ4n) is 1.40. The van der Waals surface area contributed by atoms with Gasteiger partial charge in [0.25, 0.3) is 5.91 Å². The van der Waals surface area contributed by atoms with E-state index in [1.807, 2.05) is 24.3 Å². The minimum atomic E-state index is -0.474. The van der Waals surface area contributed by atoms with Crippen molar-refractivity contribution in [1.29, 1.82) is 0 Å². The standard InChI is InChI=1S/C14H20BrNO2/c1-10(2)8-9-16-14(17)11(3)18-13-6-4-12(15)5-7-13/h4-7,10-11H,8-9H2,1-3H3,(H,16,17)/t11-/m1/s1. The number of benzene rings is 1. The van der Waals surface area contributed by atoms with Crippen LogP contribution < -0.4 is 10.1 Å². The van der Waals surface area contributed by atoms with Crippen LogP contribution in [0.4, 0.5) is 0 Å². The number of nitrogens with one attached hydrogen (secondary N) is 1. The van der Waals surface area contributed by atoms with Crippen LogP contribution in [0, 0.1) is 5.92 Å².